The second-order valence-electron chi connectivity index (χ2n) is 3.31. The SMILES string of the molecule is Nc1cccc2oc(Sc3ncccn3)nc12. The van der Waals surface area contributed by atoms with E-state index in [0.29, 0.717) is 27.2 Å². The average molecular weight is 244 g/mol. The number of nitrogens with zero attached hydrogens (tertiary/aromatic N) is 3. The number of fused-ring (bicyclic) bond motifs is 1. The van der Waals surface area contributed by atoms with Crippen molar-refractivity contribution < 1.29 is 4.42 Å². The number of nitrogen functional groups attached to an aromatic ring is 1. The Hall–Kier alpha value is -2.08. The average Bonchev–Trinajstić information content (AvgIpc) is 2.74. The molecule has 2 aromatic heterocycles. The zero-order valence-electron chi connectivity index (χ0n) is 8.70. The van der Waals surface area contributed by atoms with Crippen molar-refractivity contribution in [3.05, 3.63) is 36.7 Å². The minimum absolute atomic E-state index is 0.490. The van der Waals surface area contributed by atoms with Crippen molar-refractivity contribution in [3.8, 4) is 0 Å². The maximum absolute atomic E-state index is 5.80. The Bertz CT molecular complexity index is 653. The lowest BCUT2D eigenvalue weighted by molar-refractivity contribution is 0.488. The van der Waals surface area contributed by atoms with Crippen LogP contribution in [0.5, 0.6) is 0 Å². The van der Waals surface area contributed by atoms with Gasteiger partial charge in [0.1, 0.15) is 5.52 Å². The first-order valence-electron chi connectivity index (χ1n) is 4.93. The van der Waals surface area contributed by atoms with E-state index in [9.17, 15) is 0 Å². The molecule has 5 nitrogen and oxygen atoms in total. The highest BCUT2D eigenvalue weighted by atomic mass is 32.2. The van der Waals surface area contributed by atoms with Crippen molar-refractivity contribution in [1.82, 2.24) is 15.0 Å². The first kappa shape index (κ1) is 10.1. The molecule has 2 N–H and O–H groups in total. The van der Waals surface area contributed by atoms with E-state index >= 15 is 0 Å². The fourth-order valence-electron chi connectivity index (χ4n) is 1.41. The van der Waals surface area contributed by atoms with Gasteiger partial charge in [0.15, 0.2) is 10.7 Å². The molecule has 2 heterocycles. The van der Waals surface area contributed by atoms with Gasteiger partial charge in [-0.05, 0) is 18.2 Å². The summed E-state index contributed by atoms with van der Waals surface area (Å²) in [5, 5.41) is 1.08. The standard InChI is InChI=1S/C11H8N4OS/c12-7-3-1-4-8-9(7)15-11(16-8)17-10-13-5-2-6-14-10/h1-6H,12H2. The highest BCUT2D eigenvalue weighted by Gasteiger charge is 2.10. The molecule has 1 aromatic carbocycles. The van der Waals surface area contributed by atoms with Gasteiger partial charge in [-0.15, -0.1) is 0 Å². The Kier molecular flexibility index (Phi) is 2.41. The molecule has 0 saturated carbocycles. The quantitative estimate of drug-likeness (QED) is 0.550. The molecule has 0 aliphatic carbocycles. The van der Waals surface area contributed by atoms with E-state index in [4.69, 9.17) is 10.2 Å². The minimum Gasteiger partial charge on any atom is -0.431 e. The second-order valence-corrected chi connectivity index (χ2v) is 4.23. The zero-order valence-corrected chi connectivity index (χ0v) is 9.52. The van der Waals surface area contributed by atoms with Crippen molar-refractivity contribution in [2.24, 2.45) is 0 Å². The highest BCUT2D eigenvalue weighted by Crippen LogP contribution is 2.29. The lowest BCUT2D eigenvalue weighted by Gasteiger charge is -1.91. The van der Waals surface area contributed by atoms with Crippen LogP contribution in [-0.4, -0.2) is 15.0 Å². The lowest BCUT2D eigenvalue weighted by Crippen LogP contribution is -1.85. The molecule has 0 aliphatic heterocycles. The molecular formula is C11H8N4OS. The van der Waals surface area contributed by atoms with Crippen molar-refractivity contribution in [1.29, 1.82) is 0 Å². The van der Waals surface area contributed by atoms with E-state index in [1.54, 1.807) is 24.5 Å². The molecule has 0 radical (unpaired) electrons. The Morgan fingerprint density at radius 1 is 1.12 bits per heavy atom. The van der Waals surface area contributed by atoms with Gasteiger partial charge in [0.05, 0.1) is 5.69 Å². The fourth-order valence-corrected chi connectivity index (χ4v) is 2.06. The molecule has 17 heavy (non-hydrogen) atoms. The topological polar surface area (TPSA) is 77.8 Å². The van der Waals surface area contributed by atoms with E-state index < -0.39 is 0 Å². The summed E-state index contributed by atoms with van der Waals surface area (Å²) in [5.41, 5.74) is 7.75. The van der Waals surface area contributed by atoms with Crippen LogP contribution in [0.2, 0.25) is 0 Å². The van der Waals surface area contributed by atoms with Gasteiger partial charge in [0, 0.05) is 24.2 Å². The summed E-state index contributed by atoms with van der Waals surface area (Å²) >= 11 is 1.27. The number of para-hydroxylation sites is 1. The van der Waals surface area contributed by atoms with Crippen LogP contribution in [0.1, 0.15) is 0 Å². The van der Waals surface area contributed by atoms with E-state index in [0.717, 1.165) is 0 Å². The van der Waals surface area contributed by atoms with Crippen molar-refractivity contribution in [3.63, 3.8) is 0 Å². The summed E-state index contributed by atoms with van der Waals surface area (Å²) in [7, 11) is 0. The molecule has 6 heteroatoms. The van der Waals surface area contributed by atoms with Crippen molar-refractivity contribution in [2.45, 2.75) is 10.4 Å². The third kappa shape index (κ3) is 1.94. The second kappa shape index (κ2) is 4.06. The van der Waals surface area contributed by atoms with Crippen LogP contribution in [0.25, 0.3) is 11.1 Å². The van der Waals surface area contributed by atoms with Gasteiger partial charge in [-0.3, -0.25) is 0 Å². The molecule has 0 aliphatic rings. The van der Waals surface area contributed by atoms with Crippen molar-refractivity contribution in [2.75, 3.05) is 5.73 Å². The zero-order chi connectivity index (χ0) is 11.7. The van der Waals surface area contributed by atoms with Gasteiger partial charge >= 0.3 is 0 Å². The molecule has 0 unspecified atom stereocenters. The van der Waals surface area contributed by atoms with E-state index in [-0.39, 0.29) is 0 Å². The molecule has 3 rings (SSSR count). The minimum atomic E-state index is 0.490. The Labute approximate surface area is 101 Å². The van der Waals surface area contributed by atoms with Gasteiger partial charge in [0.25, 0.3) is 5.22 Å². The van der Waals surface area contributed by atoms with Gasteiger partial charge < -0.3 is 10.2 Å². The molecule has 0 spiro atoms. The summed E-state index contributed by atoms with van der Waals surface area (Å²) in [6.45, 7) is 0. The number of hydrogen-bond donors (Lipinski definition) is 1. The molecule has 0 atom stereocenters. The highest BCUT2D eigenvalue weighted by molar-refractivity contribution is 7.98. The van der Waals surface area contributed by atoms with Crippen LogP contribution < -0.4 is 5.73 Å². The lowest BCUT2D eigenvalue weighted by atomic mass is 10.3. The van der Waals surface area contributed by atoms with Crippen molar-refractivity contribution >= 4 is 28.5 Å². The number of oxazole rings is 1. The van der Waals surface area contributed by atoms with Crippen LogP contribution in [-0.2, 0) is 0 Å². The van der Waals surface area contributed by atoms with Crippen LogP contribution in [0.3, 0.4) is 0 Å². The summed E-state index contributed by atoms with van der Waals surface area (Å²) in [5.74, 6) is 0. The largest absolute Gasteiger partial charge is 0.431 e. The normalized spacial score (nSPS) is 10.8. The monoisotopic (exact) mass is 244 g/mol. The summed E-state index contributed by atoms with van der Waals surface area (Å²) in [4.78, 5) is 12.5. The van der Waals surface area contributed by atoms with Gasteiger partial charge in [-0.25, -0.2) is 15.0 Å². The van der Waals surface area contributed by atoms with Gasteiger partial charge in [-0.1, -0.05) is 6.07 Å². The van der Waals surface area contributed by atoms with Gasteiger partial charge in [-0.2, -0.15) is 0 Å². The molecule has 0 fully saturated rings. The molecule has 3 aromatic rings. The maximum atomic E-state index is 5.80. The Morgan fingerprint density at radius 2 is 1.94 bits per heavy atom. The number of anilines is 1. The smallest absolute Gasteiger partial charge is 0.264 e. The molecule has 0 saturated heterocycles. The maximum Gasteiger partial charge on any atom is 0.264 e. The van der Waals surface area contributed by atoms with Crippen LogP contribution in [0.15, 0.2) is 51.5 Å². The molecule has 84 valence electrons. The van der Waals surface area contributed by atoms with Crippen LogP contribution in [0.4, 0.5) is 5.69 Å². The predicted molar refractivity (Wildman–Crippen MR) is 64.6 cm³/mol. The number of nitrogens with two attached hydrogens (primary N) is 1. The predicted octanol–water partition coefficient (Wildman–Crippen LogP) is 2.35. The first-order valence-corrected chi connectivity index (χ1v) is 5.74. The Balaban J connectivity index is 1.99. The number of rotatable bonds is 2. The van der Waals surface area contributed by atoms with Crippen LogP contribution in [0, 0.1) is 0 Å². The van der Waals surface area contributed by atoms with Gasteiger partial charge in [0.2, 0.25) is 0 Å². The van der Waals surface area contributed by atoms with E-state index in [1.807, 2.05) is 12.1 Å². The molecular weight excluding hydrogens is 236 g/mol. The van der Waals surface area contributed by atoms with E-state index in [1.165, 1.54) is 11.8 Å². The Morgan fingerprint density at radius 3 is 2.71 bits per heavy atom. The summed E-state index contributed by atoms with van der Waals surface area (Å²) in [6.07, 6.45) is 3.35. The molecule has 0 bridgehead atoms. The third-order valence-corrected chi connectivity index (χ3v) is 2.89. The number of aromatic nitrogens is 3. The van der Waals surface area contributed by atoms with E-state index in [2.05, 4.69) is 15.0 Å². The number of hydrogen-bond acceptors (Lipinski definition) is 6. The summed E-state index contributed by atoms with van der Waals surface area (Å²) in [6, 6.07) is 7.21. The molecule has 0 amide bonds. The third-order valence-electron chi connectivity index (χ3n) is 2.15. The summed E-state index contributed by atoms with van der Waals surface area (Å²) < 4.78 is 5.54. The fraction of sp³-hybridized carbons (Fsp3) is 0. The van der Waals surface area contributed by atoms with Crippen LogP contribution >= 0.6 is 11.8 Å². The first-order chi connectivity index (χ1) is 8.33. The number of benzene rings is 1.